The third-order valence-corrected chi connectivity index (χ3v) is 2.72. The summed E-state index contributed by atoms with van der Waals surface area (Å²) >= 11 is 0. The molecule has 0 spiro atoms. The summed E-state index contributed by atoms with van der Waals surface area (Å²) in [6, 6.07) is 3.63. The Hall–Kier alpha value is -2.26. The lowest BCUT2D eigenvalue weighted by Gasteiger charge is -2.20. The molecule has 2 heterocycles. The first-order valence-electron chi connectivity index (χ1n) is 5.70. The predicted octanol–water partition coefficient (Wildman–Crippen LogP) is 2.10. The number of hydrogen-bond donors (Lipinski definition) is 1. The molecular formula is C11H9F5N4O. The molecule has 0 fully saturated rings. The van der Waals surface area contributed by atoms with E-state index in [1.807, 2.05) is 0 Å². The molecule has 0 saturated carbocycles. The molecule has 2 aromatic rings. The Morgan fingerprint density at radius 3 is 2.52 bits per heavy atom. The van der Waals surface area contributed by atoms with Crippen molar-refractivity contribution in [3.8, 4) is 0 Å². The molecule has 1 atom stereocenters. The number of nitrogens with zero attached hydrogens (tertiary/aromatic N) is 3. The Balaban J connectivity index is 2.22. The quantitative estimate of drug-likeness (QED) is 0.884. The number of alkyl halides is 5. The van der Waals surface area contributed by atoms with E-state index in [2.05, 4.69) is 10.2 Å². The van der Waals surface area contributed by atoms with Gasteiger partial charge in [0.25, 0.3) is 0 Å². The Morgan fingerprint density at radius 2 is 1.90 bits per heavy atom. The van der Waals surface area contributed by atoms with Gasteiger partial charge >= 0.3 is 18.0 Å². The van der Waals surface area contributed by atoms with Gasteiger partial charge in [0.2, 0.25) is 0 Å². The molecule has 114 valence electrons. The van der Waals surface area contributed by atoms with Gasteiger partial charge in [-0.1, -0.05) is 6.07 Å². The standard InChI is InChI=1S/C11H9F5N4O/c1-6(17-9(21)10(12,13)11(14,15)16)8-19-18-7-4-2-3-5-20(7)8/h2-6H,1H3,(H,17,21). The normalized spacial score (nSPS) is 14.2. The molecule has 10 heteroatoms. The van der Waals surface area contributed by atoms with Crippen LogP contribution < -0.4 is 5.32 Å². The van der Waals surface area contributed by atoms with E-state index in [0.717, 1.165) is 0 Å². The molecule has 21 heavy (non-hydrogen) atoms. The Bertz CT molecular complexity index is 666. The van der Waals surface area contributed by atoms with Gasteiger partial charge in [-0.25, -0.2) is 0 Å². The number of carbonyl (C=O) groups excluding carboxylic acids is 1. The van der Waals surface area contributed by atoms with Crippen molar-refractivity contribution >= 4 is 11.6 Å². The zero-order valence-corrected chi connectivity index (χ0v) is 10.5. The highest BCUT2D eigenvalue weighted by Crippen LogP contribution is 2.35. The SMILES string of the molecule is CC(NC(=O)C(F)(F)C(F)(F)F)c1nnc2ccccn12. The molecule has 0 radical (unpaired) electrons. The van der Waals surface area contributed by atoms with Gasteiger partial charge in [0.1, 0.15) is 0 Å². The smallest absolute Gasteiger partial charge is 0.341 e. The average Bonchev–Trinajstić information content (AvgIpc) is 2.81. The topological polar surface area (TPSA) is 59.3 Å². The Labute approximate surface area is 114 Å². The number of hydrogen-bond acceptors (Lipinski definition) is 3. The van der Waals surface area contributed by atoms with Crippen molar-refractivity contribution in [3.63, 3.8) is 0 Å². The van der Waals surface area contributed by atoms with Gasteiger partial charge in [-0.05, 0) is 19.1 Å². The van der Waals surface area contributed by atoms with Gasteiger partial charge in [-0.2, -0.15) is 22.0 Å². The van der Waals surface area contributed by atoms with Crippen LogP contribution in [0.25, 0.3) is 5.65 Å². The van der Waals surface area contributed by atoms with Crippen LogP contribution in [0.5, 0.6) is 0 Å². The fourth-order valence-electron chi connectivity index (χ4n) is 1.64. The minimum absolute atomic E-state index is 0.0388. The lowest BCUT2D eigenvalue weighted by molar-refractivity contribution is -0.270. The number of nitrogens with one attached hydrogen (secondary N) is 1. The second kappa shape index (κ2) is 4.93. The van der Waals surface area contributed by atoms with Crippen LogP contribution in [0.1, 0.15) is 18.8 Å². The molecule has 2 aromatic heterocycles. The van der Waals surface area contributed by atoms with Gasteiger partial charge in [0, 0.05) is 6.20 Å². The summed E-state index contributed by atoms with van der Waals surface area (Å²) in [5, 5.41) is 8.96. The second-order valence-corrected chi connectivity index (χ2v) is 4.25. The largest absolute Gasteiger partial charge is 0.463 e. The van der Waals surface area contributed by atoms with Crippen molar-refractivity contribution in [2.24, 2.45) is 0 Å². The lowest BCUT2D eigenvalue weighted by atomic mass is 10.2. The molecule has 0 aliphatic heterocycles. The Kier molecular flexibility index (Phi) is 3.56. The first-order chi connectivity index (χ1) is 9.64. The summed E-state index contributed by atoms with van der Waals surface area (Å²) in [5.41, 5.74) is 0.371. The minimum atomic E-state index is -5.95. The minimum Gasteiger partial charge on any atom is -0.341 e. The van der Waals surface area contributed by atoms with Crippen LogP contribution in [0.15, 0.2) is 24.4 Å². The predicted molar refractivity (Wildman–Crippen MR) is 60.5 cm³/mol. The summed E-state index contributed by atoms with van der Waals surface area (Å²) in [6.45, 7) is 1.23. The Morgan fingerprint density at radius 1 is 1.24 bits per heavy atom. The van der Waals surface area contributed by atoms with Crippen LogP contribution in [0.3, 0.4) is 0 Å². The van der Waals surface area contributed by atoms with Crippen molar-refractivity contribution < 1.29 is 26.7 Å². The number of rotatable bonds is 3. The number of carbonyl (C=O) groups is 1. The first-order valence-corrected chi connectivity index (χ1v) is 5.70. The summed E-state index contributed by atoms with van der Waals surface area (Å²) in [5.74, 6) is -7.87. The van der Waals surface area contributed by atoms with E-state index in [1.165, 1.54) is 17.5 Å². The van der Waals surface area contributed by atoms with E-state index in [0.29, 0.717) is 5.65 Å². The third kappa shape index (κ3) is 2.65. The number of pyridine rings is 1. The molecule has 0 aromatic carbocycles. The fraction of sp³-hybridized carbons (Fsp3) is 0.364. The molecule has 0 saturated heterocycles. The van der Waals surface area contributed by atoms with Gasteiger partial charge in [-0.3, -0.25) is 9.20 Å². The highest BCUT2D eigenvalue weighted by Gasteiger charge is 2.63. The number of aromatic nitrogens is 3. The van der Waals surface area contributed by atoms with Crippen molar-refractivity contribution in [3.05, 3.63) is 30.2 Å². The van der Waals surface area contributed by atoms with Crippen LogP contribution in [0.4, 0.5) is 22.0 Å². The van der Waals surface area contributed by atoms with Crippen LogP contribution in [0, 0.1) is 0 Å². The van der Waals surface area contributed by atoms with Gasteiger partial charge in [0.15, 0.2) is 11.5 Å². The fourth-order valence-corrected chi connectivity index (χ4v) is 1.64. The molecule has 5 nitrogen and oxygen atoms in total. The molecular weight excluding hydrogens is 299 g/mol. The molecule has 0 aliphatic carbocycles. The number of amides is 1. The zero-order valence-electron chi connectivity index (χ0n) is 10.5. The summed E-state index contributed by atoms with van der Waals surface area (Å²) in [4.78, 5) is 11.1. The summed E-state index contributed by atoms with van der Waals surface area (Å²) < 4.78 is 63.3. The van der Waals surface area contributed by atoms with Gasteiger partial charge in [-0.15, -0.1) is 10.2 Å². The molecule has 1 unspecified atom stereocenters. The molecule has 2 rings (SSSR count). The second-order valence-electron chi connectivity index (χ2n) is 4.25. The highest BCUT2D eigenvalue weighted by molar-refractivity contribution is 5.84. The van der Waals surface area contributed by atoms with E-state index in [9.17, 15) is 26.7 Å². The van der Waals surface area contributed by atoms with Crippen LogP contribution in [-0.2, 0) is 4.79 Å². The summed E-state index contributed by atoms with van der Waals surface area (Å²) in [6.07, 6.45) is -4.46. The van der Waals surface area contributed by atoms with E-state index >= 15 is 0 Å². The molecule has 0 bridgehead atoms. The molecule has 0 aliphatic rings. The maximum Gasteiger partial charge on any atom is 0.463 e. The average molecular weight is 308 g/mol. The van der Waals surface area contributed by atoms with Crippen molar-refractivity contribution in [2.75, 3.05) is 0 Å². The highest BCUT2D eigenvalue weighted by atomic mass is 19.4. The number of fused-ring (bicyclic) bond motifs is 1. The lowest BCUT2D eigenvalue weighted by Crippen LogP contribution is -2.51. The van der Waals surface area contributed by atoms with Gasteiger partial charge in [0.05, 0.1) is 6.04 Å². The zero-order chi connectivity index (χ0) is 15.8. The molecule has 1 N–H and O–H groups in total. The van der Waals surface area contributed by atoms with E-state index in [-0.39, 0.29) is 5.82 Å². The van der Waals surface area contributed by atoms with E-state index in [4.69, 9.17) is 0 Å². The molecule has 1 amide bonds. The maximum absolute atomic E-state index is 12.9. The van der Waals surface area contributed by atoms with Crippen molar-refractivity contribution in [1.29, 1.82) is 0 Å². The van der Waals surface area contributed by atoms with Gasteiger partial charge < -0.3 is 5.32 Å². The number of halogens is 5. The van der Waals surface area contributed by atoms with Crippen molar-refractivity contribution in [1.82, 2.24) is 19.9 Å². The van der Waals surface area contributed by atoms with Crippen LogP contribution >= 0.6 is 0 Å². The van der Waals surface area contributed by atoms with Crippen LogP contribution in [-0.4, -0.2) is 32.6 Å². The van der Waals surface area contributed by atoms with Crippen LogP contribution in [0.2, 0.25) is 0 Å². The maximum atomic E-state index is 12.9. The van der Waals surface area contributed by atoms with E-state index in [1.54, 1.807) is 23.5 Å². The monoisotopic (exact) mass is 308 g/mol. The third-order valence-electron chi connectivity index (χ3n) is 2.72. The van der Waals surface area contributed by atoms with Crippen molar-refractivity contribution in [2.45, 2.75) is 25.1 Å². The summed E-state index contributed by atoms with van der Waals surface area (Å²) in [7, 11) is 0. The van der Waals surface area contributed by atoms with E-state index < -0.39 is 24.0 Å². The first kappa shape index (κ1) is 15.1.